The summed E-state index contributed by atoms with van der Waals surface area (Å²) < 4.78 is 7.21. The number of benzene rings is 3. The van der Waals surface area contributed by atoms with Crippen molar-refractivity contribution in [2.24, 2.45) is 4.99 Å². The van der Waals surface area contributed by atoms with Crippen molar-refractivity contribution in [1.82, 2.24) is 4.98 Å². The van der Waals surface area contributed by atoms with Crippen LogP contribution in [-0.2, 0) is 6.42 Å². The molecule has 0 saturated carbocycles. The molecule has 1 aromatic heterocycles. The van der Waals surface area contributed by atoms with Crippen LogP contribution in [0.1, 0.15) is 18.1 Å². The van der Waals surface area contributed by atoms with Gasteiger partial charge in [-0.2, -0.15) is 0 Å². The first-order valence-electron chi connectivity index (χ1n) is 8.89. The highest BCUT2D eigenvalue weighted by Crippen LogP contribution is 2.35. The first kappa shape index (κ1) is 19.7. The lowest BCUT2D eigenvalue weighted by molar-refractivity contribution is 0.471. The average molecular weight is 516 g/mol. The summed E-state index contributed by atoms with van der Waals surface area (Å²) in [7, 11) is 0. The third-order valence-corrected chi connectivity index (χ3v) is 5.54. The Balaban J connectivity index is 1.71. The fourth-order valence-corrected chi connectivity index (χ4v) is 4.17. The van der Waals surface area contributed by atoms with E-state index in [1.54, 1.807) is 36.5 Å². The Morgan fingerprint density at radius 3 is 2.69 bits per heavy atom. The number of aromatic nitrogens is 1. The Morgan fingerprint density at radius 2 is 1.90 bits per heavy atom. The second-order valence-electron chi connectivity index (χ2n) is 6.46. The number of aliphatic imine (C=N–C) groups is 1. The van der Waals surface area contributed by atoms with Crippen molar-refractivity contribution in [3.63, 3.8) is 0 Å². The zero-order chi connectivity index (χ0) is 20.5. The summed E-state index contributed by atoms with van der Waals surface area (Å²) in [6, 6.07) is 14.3. The summed E-state index contributed by atoms with van der Waals surface area (Å²) in [4.78, 5) is 8.94. The molecule has 7 heteroatoms. The number of aryl methyl sites for hydroxylation is 1. The van der Waals surface area contributed by atoms with Crippen LogP contribution in [0.2, 0.25) is 0 Å². The Bertz CT molecular complexity index is 1250. The van der Waals surface area contributed by atoms with Crippen molar-refractivity contribution in [2.45, 2.75) is 13.3 Å². The molecule has 4 rings (SSSR count). The Morgan fingerprint density at radius 1 is 1.07 bits per heavy atom. The lowest BCUT2D eigenvalue weighted by Gasteiger charge is -2.04. The van der Waals surface area contributed by atoms with E-state index in [4.69, 9.17) is 4.42 Å². The molecule has 146 valence electrons. The van der Waals surface area contributed by atoms with Gasteiger partial charge in [-0.05, 0) is 70.4 Å². The van der Waals surface area contributed by atoms with Crippen molar-refractivity contribution in [3.05, 3.63) is 68.6 Å². The summed E-state index contributed by atoms with van der Waals surface area (Å²) in [5.74, 6) is 0.483. The van der Waals surface area contributed by atoms with E-state index < -0.39 is 0 Å². The van der Waals surface area contributed by atoms with Crippen LogP contribution in [0.3, 0.4) is 0 Å². The fraction of sp³-hybridized carbons (Fsp3) is 0.0909. The van der Waals surface area contributed by atoms with Gasteiger partial charge in [-0.15, -0.1) is 0 Å². The van der Waals surface area contributed by atoms with Gasteiger partial charge in [-0.25, -0.2) is 4.98 Å². The first-order chi connectivity index (χ1) is 13.9. The van der Waals surface area contributed by atoms with Gasteiger partial charge in [-0.3, -0.25) is 4.99 Å². The fourth-order valence-electron chi connectivity index (χ4n) is 2.91. The van der Waals surface area contributed by atoms with Crippen LogP contribution in [0, 0.1) is 0 Å². The van der Waals surface area contributed by atoms with Crippen LogP contribution < -0.4 is 0 Å². The largest absolute Gasteiger partial charge is 0.507 e. The minimum atomic E-state index is 0.0549. The number of nitrogens with zero attached hydrogens (tertiary/aromatic N) is 2. The number of aromatic hydroxyl groups is 2. The molecule has 4 aromatic rings. The topological polar surface area (TPSA) is 78.9 Å². The highest BCUT2D eigenvalue weighted by atomic mass is 79.9. The van der Waals surface area contributed by atoms with Crippen molar-refractivity contribution in [3.8, 4) is 23.0 Å². The van der Waals surface area contributed by atoms with E-state index in [1.165, 1.54) is 5.56 Å². The predicted molar refractivity (Wildman–Crippen MR) is 121 cm³/mol. The molecule has 0 amide bonds. The molecule has 29 heavy (non-hydrogen) atoms. The predicted octanol–water partition coefficient (Wildman–Crippen LogP) is 6.74. The van der Waals surface area contributed by atoms with Gasteiger partial charge in [0.15, 0.2) is 5.58 Å². The number of phenolic OH excluding ortho intramolecular Hbond substituents is 2. The smallest absolute Gasteiger partial charge is 0.231 e. The van der Waals surface area contributed by atoms with Gasteiger partial charge >= 0.3 is 0 Å². The number of phenols is 2. The molecular weight excluding hydrogens is 500 g/mol. The maximum atomic E-state index is 10.3. The lowest BCUT2D eigenvalue weighted by atomic mass is 10.1. The average Bonchev–Trinajstić information content (AvgIpc) is 3.13. The Kier molecular flexibility index (Phi) is 5.43. The minimum absolute atomic E-state index is 0.0549. The third kappa shape index (κ3) is 4.06. The first-order valence-corrected chi connectivity index (χ1v) is 10.5. The summed E-state index contributed by atoms with van der Waals surface area (Å²) in [6.45, 7) is 2.08. The van der Waals surface area contributed by atoms with Crippen molar-refractivity contribution >= 4 is 54.9 Å². The van der Waals surface area contributed by atoms with Crippen LogP contribution in [0.25, 0.3) is 22.6 Å². The molecule has 0 aliphatic heterocycles. The molecule has 2 N–H and O–H groups in total. The van der Waals surface area contributed by atoms with E-state index in [9.17, 15) is 10.2 Å². The second kappa shape index (κ2) is 8.00. The number of hydrogen-bond donors (Lipinski definition) is 2. The van der Waals surface area contributed by atoms with E-state index in [1.807, 2.05) is 18.2 Å². The van der Waals surface area contributed by atoms with E-state index >= 15 is 0 Å². The Hall–Kier alpha value is -2.64. The van der Waals surface area contributed by atoms with Gasteiger partial charge in [0.25, 0.3) is 0 Å². The highest BCUT2D eigenvalue weighted by Gasteiger charge is 2.13. The minimum Gasteiger partial charge on any atom is -0.507 e. The summed E-state index contributed by atoms with van der Waals surface area (Å²) in [6.07, 6.45) is 2.47. The normalized spacial score (nSPS) is 11.6. The Labute approximate surface area is 184 Å². The van der Waals surface area contributed by atoms with Crippen molar-refractivity contribution in [1.29, 1.82) is 0 Å². The second-order valence-corrected chi connectivity index (χ2v) is 8.23. The summed E-state index contributed by atoms with van der Waals surface area (Å²) in [5, 5.41) is 20.5. The molecule has 0 aliphatic rings. The van der Waals surface area contributed by atoms with Crippen molar-refractivity contribution in [2.75, 3.05) is 0 Å². The third-order valence-electron chi connectivity index (χ3n) is 4.48. The lowest BCUT2D eigenvalue weighted by Crippen LogP contribution is -1.85. The molecule has 5 nitrogen and oxygen atoms in total. The maximum absolute atomic E-state index is 10.3. The van der Waals surface area contributed by atoms with Crippen LogP contribution in [0.5, 0.6) is 11.5 Å². The highest BCUT2D eigenvalue weighted by molar-refractivity contribution is 9.11. The van der Waals surface area contributed by atoms with Gasteiger partial charge in [0.1, 0.15) is 17.0 Å². The van der Waals surface area contributed by atoms with Crippen LogP contribution in [0.15, 0.2) is 66.9 Å². The maximum Gasteiger partial charge on any atom is 0.231 e. The quantitative estimate of drug-likeness (QED) is 0.295. The molecule has 0 atom stereocenters. The molecular formula is C22H16Br2N2O3. The summed E-state index contributed by atoms with van der Waals surface area (Å²) in [5.41, 5.74) is 4.17. The molecule has 0 saturated heterocycles. The molecule has 1 heterocycles. The van der Waals surface area contributed by atoms with Gasteiger partial charge in [0.05, 0.1) is 15.7 Å². The zero-order valence-corrected chi connectivity index (χ0v) is 18.5. The number of halogens is 2. The molecule has 0 fully saturated rings. The van der Waals surface area contributed by atoms with E-state index in [0.717, 1.165) is 16.4 Å². The van der Waals surface area contributed by atoms with E-state index in [2.05, 4.69) is 48.8 Å². The van der Waals surface area contributed by atoms with Gasteiger partial charge in [0, 0.05) is 16.3 Å². The number of rotatable bonds is 4. The van der Waals surface area contributed by atoms with Gasteiger partial charge in [-0.1, -0.05) is 28.9 Å². The van der Waals surface area contributed by atoms with Crippen LogP contribution >= 0.6 is 31.9 Å². The molecule has 0 unspecified atom stereocenters. The molecule has 0 aliphatic carbocycles. The zero-order valence-electron chi connectivity index (χ0n) is 15.4. The van der Waals surface area contributed by atoms with Crippen LogP contribution in [-0.4, -0.2) is 21.4 Å². The SMILES string of the molecule is CCc1ccc2oc(-c3cc(N=Cc4cc(Br)cc(Br)c4O)ccc3O)nc2c1. The van der Waals surface area contributed by atoms with Gasteiger partial charge < -0.3 is 14.6 Å². The van der Waals surface area contributed by atoms with Gasteiger partial charge in [0.2, 0.25) is 5.89 Å². The van der Waals surface area contributed by atoms with E-state index in [0.29, 0.717) is 32.8 Å². The molecule has 0 bridgehead atoms. The van der Waals surface area contributed by atoms with Crippen molar-refractivity contribution < 1.29 is 14.6 Å². The van der Waals surface area contributed by atoms with E-state index in [-0.39, 0.29) is 11.5 Å². The number of oxazole rings is 1. The standard InChI is InChI=1S/C22H16Br2N2O3/c1-2-12-3-6-20-18(7-12)26-22(29-20)16-10-15(4-5-19(16)27)25-11-13-8-14(23)9-17(24)21(13)28/h3-11,27-28H,2H2,1H3. The van der Waals surface area contributed by atoms with Crippen LogP contribution in [0.4, 0.5) is 5.69 Å². The molecule has 0 radical (unpaired) electrons. The number of fused-ring (bicyclic) bond motifs is 1. The summed E-state index contributed by atoms with van der Waals surface area (Å²) >= 11 is 6.70. The number of hydrogen-bond acceptors (Lipinski definition) is 5. The molecule has 3 aromatic carbocycles. The molecule has 0 spiro atoms. The monoisotopic (exact) mass is 514 g/mol.